The molecule has 2 heteroatoms. The fraction of sp³-hybridized carbons (Fsp3) is 0.944. The first-order valence-corrected chi connectivity index (χ1v) is 8.23. The predicted molar refractivity (Wildman–Crippen MR) is 82.3 cm³/mol. The fourth-order valence-corrected chi connectivity index (χ4v) is 5.35. The zero-order valence-corrected chi connectivity index (χ0v) is 14.4. The Morgan fingerprint density at radius 2 is 1.65 bits per heavy atom. The molecule has 0 N–H and O–H groups in total. The van der Waals surface area contributed by atoms with Gasteiger partial charge in [-0.2, -0.15) is 0 Å². The van der Waals surface area contributed by atoms with E-state index in [0.717, 1.165) is 18.3 Å². The molecule has 0 aliphatic heterocycles. The normalized spacial score (nSPS) is 47.5. The molecule has 2 nitrogen and oxygen atoms in total. The van der Waals surface area contributed by atoms with Crippen LogP contribution in [-0.2, 0) is 9.53 Å². The van der Waals surface area contributed by atoms with Crippen molar-refractivity contribution in [2.75, 3.05) is 0 Å². The highest BCUT2D eigenvalue weighted by atomic mass is 16.6. The van der Waals surface area contributed by atoms with Gasteiger partial charge in [-0.05, 0) is 55.3 Å². The summed E-state index contributed by atoms with van der Waals surface area (Å²) in [6, 6.07) is 0. The Kier molecular flexibility index (Phi) is 3.76. The van der Waals surface area contributed by atoms with Crippen molar-refractivity contribution in [2.45, 2.75) is 79.8 Å². The molecule has 0 aromatic rings. The molecule has 0 bridgehead atoms. The Bertz CT molecular complexity index is 400. The van der Waals surface area contributed by atoms with Gasteiger partial charge in [0.1, 0.15) is 5.60 Å². The zero-order valence-electron chi connectivity index (χ0n) is 14.4. The summed E-state index contributed by atoms with van der Waals surface area (Å²) < 4.78 is 5.81. The summed E-state index contributed by atoms with van der Waals surface area (Å²) >= 11 is 0. The lowest BCUT2D eigenvalue weighted by molar-refractivity contribution is -0.167. The largest absolute Gasteiger partial charge is 0.459 e. The van der Waals surface area contributed by atoms with Gasteiger partial charge in [-0.25, -0.2) is 0 Å². The highest BCUT2D eigenvalue weighted by Gasteiger charge is 2.58. The molecule has 20 heavy (non-hydrogen) atoms. The lowest BCUT2D eigenvalue weighted by atomic mass is 9.59. The number of rotatable bonds is 1. The summed E-state index contributed by atoms with van der Waals surface area (Å²) in [5, 5.41) is 0. The van der Waals surface area contributed by atoms with Crippen LogP contribution in [0.4, 0.5) is 0 Å². The fourth-order valence-electron chi connectivity index (χ4n) is 5.35. The third kappa shape index (κ3) is 2.19. The first kappa shape index (κ1) is 15.9. The van der Waals surface area contributed by atoms with E-state index in [4.69, 9.17) is 4.74 Å². The van der Waals surface area contributed by atoms with Crippen LogP contribution in [0.15, 0.2) is 0 Å². The lowest BCUT2D eigenvalue weighted by Crippen LogP contribution is -2.46. The molecule has 2 rings (SSSR count). The van der Waals surface area contributed by atoms with E-state index >= 15 is 0 Å². The molecule has 2 aliphatic rings. The van der Waals surface area contributed by atoms with Gasteiger partial charge in [-0.1, -0.05) is 34.6 Å². The van der Waals surface area contributed by atoms with E-state index in [2.05, 4.69) is 41.5 Å². The molecule has 2 aliphatic carbocycles. The number of ether oxygens (including phenoxy) is 1. The van der Waals surface area contributed by atoms with E-state index in [1.54, 1.807) is 6.92 Å². The lowest BCUT2D eigenvalue weighted by Gasteiger charge is -2.47. The van der Waals surface area contributed by atoms with Crippen molar-refractivity contribution >= 4 is 5.97 Å². The van der Waals surface area contributed by atoms with Gasteiger partial charge in [0.05, 0.1) is 0 Å². The number of hydrogen-bond acceptors (Lipinski definition) is 2. The van der Waals surface area contributed by atoms with Crippen LogP contribution in [0.3, 0.4) is 0 Å². The molecule has 0 saturated heterocycles. The second-order valence-electron chi connectivity index (χ2n) is 8.49. The summed E-state index contributed by atoms with van der Waals surface area (Å²) in [4.78, 5) is 11.6. The van der Waals surface area contributed by atoms with Crippen molar-refractivity contribution < 1.29 is 9.53 Å². The number of fused-ring (bicyclic) bond motifs is 1. The Morgan fingerprint density at radius 3 is 2.20 bits per heavy atom. The van der Waals surface area contributed by atoms with Crippen LogP contribution in [0.1, 0.15) is 74.1 Å². The van der Waals surface area contributed by atoms with Crippen molar-refractivity contribution in [2.24, 2.45) is 28.6 Å². The smallest absolute Gasteiger partial charge is 0.303 e. The summed E-state index contributed by atoms with van der Waals surface area (Å²) in [5.74, 6) is 1.76. The van der Waals surface area contributed by atoms with Gasteiger partial charge in [0.25, 0.3) is 0 Å². The number of carbonyl (C=O) groups excluding carboxylic acids is 1. The molecular weight excluding hydrogens is 248 g/mol. The third-order valence-corrected chi connectivity index (χ3v) is 7.28. The molecule has 0 amide bonds. The van der Waals surface area contributed by atoms with Crippen molar-refractivity contribution in [3.63, 3.8) is 0 Å². The summed E-state index contributed by atoms with van der Waals surface area (Å²) in [7, 11) is 0. The van der Waals surface area contributed by atoms with Crippen LogP contribution < -0.4 is 0 Å². The summed E-state index contributed by atoms with van der Waals surface area (Å²) in [6.07, 6.45) is 4.84. The van der Waals surface area contributed by atoms with E-state index in [1.165, 1.54) is 19.3 Å². The maximum atomic E-state index is 11.6. The topological polar surface area (TPSA) is 26.3 Å². The third-order valence-electron chi connectivity index (χ3n) is 7.28. The van der Waals surface area contributed by atoms with Gasteiger partial charge in [0.15, 0.2) is 0 Å². The van der Waals surface area contributed by atoms with Crippen LogP contribution in [0.25, 0.3) is 0 Å². The number of hydrogen-bond donors (Lipinski definition) is 0. The molecule has 0 spiro atoms. The Hall–Kier alpha value is -0.530. The quantitative estimate of drug-likeness (QED) is 0.644. The monoisotopic (exact) mass is 280 g/mol. The van der Waals surface area contributed by atoms with Crippen molar-refractivity contribution in [3.8, 4) is 0 Å². The van der Waals surface area contributed by atoms with Crippen LogP contribution in [0.5, 0.6) is 0 Å². The average Bonchev–Trinajstić information content (AvgIpc) is 2.60. The van der Waals surface area contributed by atoms with Crippen LogP contribution in [0.2, 0.25) is 0 Å². The van der Waals surface area contributed by atoms with Crippen LogP contribution >= 0.6 is 0 Å². The van der Waals surface area contributed by atoms with Gasteiger partial charge in [-0.3, -0.25) is 4.79 Å². The van der Waals surface area contributed by atoms with E-state index in [1.807, 2.05) is 0 Å². The SMILES string of the molecule is CC(=O)O[C@]1(C)CC[C@@]2(C)C(CC[C@H]2C)C(C)(C)[C@H]1C. The van der Waals surface area contributed by atoms with Crippen molar-refractivity contribution in [3.05, 3.63) is 0 Å². The molecular formula is C18H32O2. The van der Waals surface area contributed by atoms with Gasteiger partial charge in [-0.15, -0.1) is 0 Å². The Morgan fingerprint density at radius 1 is 1.05 bits per heavy atom. The standard InChI is InChI=1S/C18H32O2/c1-12-8-9-15-16(4,5)13(2)18(7,20-14(3)19)11-10-17(12,15)6/h12-13,15H,8-11H2,1-7H3/t12-,13-,15?,17-,18-/m1/s1. The Balaban J connectivity index is 2.41. The molecule has 116 valence electrons. The Labute approximate surface area is 124 Å². The second-order valence-corrected chi connectivity index (χ2v) is 8.49. The number of esters is 1. The summed E-state index contributed by atoms with van der Waals surface area (Å²) in [5.41, 5.74) is 0.290. The second kappa shape index (κ2) is 4.74. The first-order chi connectivity index (χ1) is 9.04. The minimum atomic E-state index is -0.317. The van der Waals surface area contributed by atoms with Crippen LogP contribution in [0, 0.1) is 28.6 Å². The van der Waals surface area contributed by atoms with Crippen molar-refractivity contribution in [1.29, 1.82) is 0 Å². The molecule has 2 fully saturated rings. The van der Waals surface area contributed by atoms with E-state index < -0.39 is 0 Å². The van der Waals surface area contributed by atoms with Crippen LogP contribution in [-0.4, -0.2) is 11.6 Å². The van der Waals surface area contributed by atoms with E-state index in [-0.39, 0.29) is 17.0 Å². The maximum absolute atomic E-state index is 11.6. The van der Waals surface area contributed by atoms with Gasteiger partial charge < -0.3 is 4.74 Å². The highest BCUT2D eigenvalue weighted by molar-refractivity contribution is 5.66. The molecule has 1 unspecified atom stereocenters. The minimum absolute atomic E-state index is 0.139. The van der Waals surface area contributed by atoms with Gasteiger partial charge in [0.2, 0.25) is 0 Å². The zero-order chi connectivity index (χ0) is 15.3. The van der Waals surface area contributed by atoms with E-state index in [9.17, 15) is 4.79 Å². The first-order valence-electron chi connectivity index (χ1n) is 8.23. The molecule has 5 atom stereocenters. The van der Waals surface area contributed by atoms with Crippen molar-refractivity contribution in [1.82, 2.24) is 0 Å². The van der Waals surface area contributed by atoms with E-state index in [0.29, 0.717) is 11.3 Å². The maximum Gasteiger partial charge on any atom is 0.303 e. The molecule has 0 radical (unpaired) electrons. The molecule has 0 aromatic carbocycles. The van der Waals surface area contributed by atoms with Gasteiger partial charge >= 0.3 is 5.97 Å². The molecule has 0 heterocycles. The molecule has 0 aromatic heterocycles. The highest BCUT2D eigenvalue weighted by Crippen LogP contribution is 2.63. The minimum Gasteiger partial charge on any atom is -0.459 e. The predicted octanol–water partition coefficient (Wildman–Crippen LogP) is 4.82. The summed E-state index contributed by atoms with van der Waals surface area (Å²) in [6.45, 7) is 15.7. The average molecular weight is 280 g/mol. The molecule has 2 saturated carbocycles. The van der Waals surface area contributed by atoms with Gasteiger partial charge in [0, 0.05) is 12.8 Å². The number of carbonyl (C=O) groups is 1.